The Morgan fingerprint density at radius 3 is 2.72 bits per heavy atom. The maximum Gasteiger partial charge on any atom is 0.231 e. The third-order valence-electron chi connectivity index (χ3n) is 7.64. The number of carbonyl (C=O) groups excluding carboxylic acids is 1. The van der Waals surface area contributed by atoms with Crippen LogP contribution in [0.5, 0.6) is 0 Å². The number of halogens is 2. The third kappa shape index (κ3) is 5.20. The molecule has 1 aromatic carbocycles. The minimum absolute atomic E-state index is 0.0906. The van der Waals surface area contributed by atoms with E-state index in [9.17, 15) is 14.3 Å². The van der Waals surface area contributed by atoms with Gasteiger partial charge in [-0.1, -0.05) is 24.6 Å². The lowest BCUT2D eigenvalue weighted by Gasteiger charge is -2.38. The molecule has 3 heterocycles. The van der Waals surface area contributed by atoms with Crippen molar-refractivity contribution in [3.05, 3.63) is 52.2 Å². The zero-order chi connectivity index (χ0) is 25.2. The number of hydrogen-bond donors (Lipinski definition) is 2. The second kappa shape index (κ2) is 11.0. The Bertz CT molecular complexity index is 1090. The lowest BCUT2D eigenvalue weighted by atomic mass is 9.95. The van der Waals surface area contributed by atoms with E-state index in [4.69, 9.17) is 16.3 Å². The Labute approximate surface area is 215 Å². The molecule has 3 atom stereocenters. The number of nitrogens with one attached hydrogen (secondary N) is 1. The Hall–Kier alpha value is -2.33. The van der Waals surface area contributed by atoms with Crippen molar-refractivity contribution in [2.75, 3.05) is 50.8 Å². The van der Waals surface area contributed by atoms with Crippen LogP contribution in [0, 0.1) is 5.82 Å². The van der Waals surface area contributed by atoms with Crippen LogP contribution in [-0.4, -0.2) is 77.9 Å². The Kier molecular flexibility index (Phi) is 7.71. The number of carbonyl (C=O) groups is 1. The van der Waals surface area contributed by atoms with Crippen LogP contribution in [0.25, 0.3) is 0 Å². The van der Waals surface area contributed by atoms with Gasteiger partial charge in [0.2, 0.25) is 5.91 Å². The molecule has 0 radical (unpaired) electrons. The quantitative estimate of drug-likeness (QED) is 0.608. The maximum absolute atomic E-state index is 14.9. The predicted octanol–water partition coefficient (Wildman–Crippen LogP) is 3.01. The summed E-state index contributed by atoms with van der Waals surface area (Å²) in [5.74, 6) is -0.170. The molecule has 3 aliphatic rings. The van der Waals surface area contributed by atoms with Gasteiger partial charge in [0.05, 0.1) is 17.7 Å². The van der Waals surface area contributed by atoms with Gasteiger partial charge in [-0.25, -0.2) is 14.4 Å². The highest BCUT2D eigenvalue weighted by molar-refractivity contribution is 6.30. The number of anilines is 1. The third-order valence-corrected chi connectivity index (χ3v) is 7.87. The summed E-state index contributed by atoms with van der Waals surface area (Å²) in [6, 6.07) is 4.78. The molecule has 2 aromatic rings. The maximum atomic E-state index is 14.9. The van der Waals surface area contributed by atoms with E-state index >= 15 is 0 Å². The van der Waals surface area contributed by atoms with Crippen LogP contribution in [0.3, 0.4) is 0 Å². The lowest BCUT2D eigenvalue weighted by Crippen LogP contribution is -2.52. The Morgan fingerprint density at radius 1 is 1.25 bits per heavy atom. The van der Waals surface area contributed by atoms with Crippen molar-refractivity contribution in [2.45, 2.75) is 50.2 Å². The standard InChI is InChI=1S/C26H33ClFN5O3/c1-16-12-22(34)24-23(16)25(31-15-30-24)32-6-8-33(9-7-32)26(35)20(14-29-18-4-10-36-11-5-18)19-3-2-17(27)13-21(19)28/h2-3,13,15-16,18,20,22,29,34H,4-12,14H2,1H3/t16-,20?,22+/m1/s1. The molecule has 2 N–H and O–H groups in total. The minimum Gasteiger partial charge on any atom is -0.387 e. The van der Waals surface area contributed by atoms with Gasteiger partial charge in [-0.2, -0.15) is 0 Å². The molecule has 1 amide bonds. The number of ether oxygens (including phenoxy) is 1. The zero-order valence-corrected chi connectivity index (χ0v) is 21.3. The number of piperazine rings is 1. The monoisotopic (exact) mass is 517 g/mol. The van der Waals surface area contributed by atoms with Gasteiger partial charge in [0.1, 0.15) is 18.0 Å². The van der Waals surface area contributed by atoms with Crippen molar-refractivity contribution in [1.29, 1.82) is 0 Å². The van der Waals surface area contributed by atoms with E-state index in [0.717, 1.165) is 24.2 Å². The smallest absolute Gasteiger partial charge is 0.231 e. The number of benzene rings is 1. The topological polar surface area (TPSA) is 90.8 Å². The van der Waals surface area contributed by atoms with E-state index < -0.39 is 17.8 Å². The van der Waals surface area contributed by atoms with Crippen molar-refractivity contribution in [1.82, 2.24) is 20.2 Å². The second-order valence-corrected chi connectivity index (χ2v) is 10.4. The highest BCUT2D eigenvalue weighted by Gasteiger charge is 2.35. The summed E-state index contributed by atoms with van der Waals surface area (Å²) in [6.07, 6.45) is 3.35. The van der Waals surface area contributed by atoms with Gasteiger partial charge in [-0.3, -0.25) is 4.79 Å². The molecule has 0 saturated carbocycles. The van der Waals surface area contributed by atoms with Gasteiger partial charge in [0.25, 0.3) is 0 Å². The first-order valence-corrected chi connectivity index (χ1v) is 13.1. The summed E-state index contributed by atoms with van der Waals surface area (Å²) in [4.78, 5) is 26.5. The molecule has 10 heteroatoms. The van der Waals surface area contributed by atoms with E-state index in [-0.39, 0.29) is 17.9 Å². The molecule has 2 saturated heterocycles. The fraction of sp³-hybridized carbons (Fsp3) is 0.577. The largest absolute Gasteiger partial charge is 0.387 e. The van der Waals surface area contributed by atoms with Gasteiger partial charge in [-0.05, 0) is 37.3 Å². The van der Waals surface area contributed by atoms with E-state index in [0.29, 0.717) is 68.6 Å². The summed E-state index contributed by atoms with van der Waals surface area (Å²) >= 11 is 5.99. The van der Waals surface area contributed by atoms with Crippen molar-refractivity contribution in [3.63, 3.8) is 0 Å². The molecule has 1 aromatic heterocycles. The summed E-state index contributed by atoms with van der Waals surface area (Å²) in [6.45, 7) is 6.07. The van der Waals surface area contributed by atoms with Gasteiger partial charge in [0, 0.05) is 68.1 Å². The number of hydrogen-bond acceptors (Lipinski definition) is 7. The van der Waals surface area contributed by atoms with Gasteiger partial charge in [0.15, 0.2) is 0 Å². The molecule has 1 aliphatic carbocycles. The molecule has 2 fully saturated rings. The first-order valence-electron chi connectivity index (χ1n) is 12.7. The number of fused-ring (bicyclic) bond motifs is 1. The molecule has 2 aliphatic heterocycles. The van der Waals surface area contributed by atoms with E-state index in [1.54, 1.807) is 12.1 Å². The average molecular weight is 518 g/mol. The molecule has 194 valence electrons. The Balaban J connectivity index is 1.30. The molecule has 5 rings (SSSR count). The van der Waals surface area contributed by atoms with Crippen LogP contribution >= 0.6 is 11.6 Å². The van der Waals surface area contributed by atoms with Crippen molar-refractivity contribution < 1.29 is 19.0 Å². The van der Waals surface area contributed by atoms with E-state index in [1.807, 2.05) is 4.90 Å². The number of aromatic nitrogens is 2. The second-order valence-electron chi connectivity index (χ2n) is 9.97. The van der Waals surface area contributed by atoms with Crippen LogP contribution in [0.15, 0.2) is 24.5 Å². The van der Waals surface area contributed by atoms with Gasteiger partial charge >= 0.3 is 0 Å². The summed E-state index contributed by atoms with van der Waals surface area (Å²) in [5, 5.41) is 14.1. The first-order chi connectivity index (χ1) is 17.4. The van der Waals surface area contributed by atoms with Gasteiger partial charge in [-0.15, -0.1) is 0 Å². The molecule has 1 unspecified atom stereocenters. The van der Waals surface area contributed by atoms with E-state index in [2.05, 4.69) is 27.1 Å². The minimum atomic E-state index is -0.643. The van der Waals surface area contributed by atoms with Crippen LogP contribution < -0.4 is 10.2 Å². The number of rotatable bonds is 6. The highest BCUT2D eigenvalue weighted by Crippen LogP contribution is 2.42. The summed E-state index contributed by atoms with van der Waals surface area (Å²) < 4.78 is 20.4. The molecular weight excluding hydrogens is 485 g/mol. The number of aliphatic hydroxyl groups is 1. The van der Waals surface area contributed by atoms with Crippen LogP contribution in [-0.2, 0) is 9.53 Å². The number of aliphatic hydroxyl groups excluding tert-OH is 1. The predicted molar refractivity (Wildman–Crippen MR) is 135 cm³/mol. The summed E-state index contributed by atoms with van der Waals surface area (Å²) in [5.41, 5.74) is 2.08. The lowest BCUT2D eigenvalue weighted by molar-refractivity contribution is -0.133. The number of nitrogens with zero attached hydrogens (tertiary/aromatic N) is 4. The van der Waals surface area contributed by atoms with Gasteiger partial charge < -0.3 is 25.0 Å². The van der Waals surface area contributed by atoms with Crippen molar-refractivity contribution >= 4 is 23.3 Å². The van der Waals surface area contributed by atoms with Crippen molar-refractivity contribution in [2.24, 2.45) is 0 Å². The van der Waals surface area contributed by atoms with Crippen LogP contribution in [0.2, 0.25) is 5.02 Å². The molecule has 36 heavy (non-hydrogen) atoms. The highest BCUT2D eigenvalue weighted by atomic mass is 35.5. The van der Waals surface area contributed by atoms with Crippen LogP contribution in [0.1, 0.15) is 60.9 Å². The molecule has 8 nitrogen and oxygen atoms in total. The summed E-state index contributed by atoms with van der Waals surface area (Å²) in [7, 11) is 0. The fourth-order valence-electron chi connectivity index (χ4n) is 5.61. The van der Waals surface area contributed by atoms with Crippen LogP contribution in [0.4, 0.5) is 10.2 Å². The molecule has 0 spiro atoms. The molecule has 0 bridgehead atoms. The SMILES string of the molecule is C[C@@H]1C[C@H](O)c2ncnc(N3CCN(C(=O)C(CNC4CCOCC4)c4ccc(Cl)cc4F)CC3)c21. The van der Waals surface area contributed by atoms with Crippen molar-refractivity contribution in [3.8, 4) is 0 Å². The fourth-order valence-corrected chi connectivity index (χ4v) is 5.77. The average Bonchev–Trinajstić information content (AvgIpc) is 3.19. The first kappa shape index (κ1) is 25.3. The number of amides is 1. The zero-order valence-electron chi connectivity index (χ0n) is 20.5. The van der Waals surface area contributed by atoms with E-state index in [1.165, 1.54) is 12.4 Å². The normalized spacial score (nSPS) is 23.6. The Morgan fingerprint density at radius 2 is 2.00 bits per heavy atom. The molecular formula is C26H33ClFN5O3.